The first-order valence-corrected chi connectivity index (χ1v) is 10.2. The molecule has 0 spiro atoms. The summed E-state index contributed by atoms with van der Waals surface area (Å²) in [6, 6.07) is 7.77. The summed E-state index contributed by atoms with van der Waals surface area (Å²) in [4.78, 5) is 30.8. The van der Waals surface area contributed by atoms with Crippen LogP contribution >= 0.6 is 11.3 Å². The van der Waals surface area contributed by atoms with Gasteiger partial charge < -0.3 is 14.6 Å². The number of carbonyl (C=O) groups excluding carboxylic acids is 2. The van der Waals surface area contributed by atoms with Crippen LogP contribution in [-0.2, 0) is 11.2 Å². The Bertz CT molecular complexity index is 1030. The van der Waals surface area contributed by atoms with Crippen molar-refractivity contribution in [2.45, 2.75) is 19.4 Å². The fourth-order valence-electron chi connectivity index (χ4n) is 2.98. The molecule has 158 valence electrons. The van der Waals surface area contributed by atoms with E-state index in [0.29, 0.717) is 28.7 Å². The van der Waals surface area contributed by atoms with Gasteiger partial charge in [-0.25, -0.2) is 9.37 Å². The first-order valence-electron chi connectivity index (χ1n) is 9.32. The van der Waals surface area contributed by atoms with Crippen LogP contribution in [0.4, 0.5) is 9.52 Å². The lowest BCUT2D eigenvalue weighted by molar-refractivity contribution is -0.120. The van der Waals surface area contributed by atoms with Crippen LogP contribution in [0.5, 0.6) is 0 Å². The molecule has 0 saturated heterocycles. The number of hydrogen-bond donors (Lipinski definition) is 2. The number of carbonyl (C=O) groups is 2. The average molecular weight is 431 g/mol. The summed E-state index contributed by atoms with van der Waals surface area (Å²) in [5, 5.41) is 7.72. The number of anilines is 1. The summed E-state index contributed by atoms with van der Waals surface area (Å²) >= 11 is 1.25. The minimum atomic E-state index is -0.312. The number of nitrogens with one attached hydrogen (secondary N) is 2. The minimum Gasteiger partial charge on any atom is -0.469 e. The number of nitrogens with zero attached hydrogens (tertiary/aromatic N) is 2. The van der Waals surface area contributed by atoms with Gasteiger partial charge >= 0.3 is 0 Å². The highest BCUT2D eigenvalue weighted by Crippen LogP contribution is 2.20. The smallest absolute Gasteiger partial charge is 0.260 e. The van der Waals surface area contributed by atoms with E-state index < -0.39 is 0 Å². The van der Waals surface area contributed by atoms with Gasteiger partial charge in [0.05, 0.1) is 30.0 Å². The second-order valence-corrected chi connectivity index (χ2v) is 7.86. The average Bonchev–Trinajstić information content (AvgIpc) is 3.30. The molecule has 0 aliphatic heterocycles. The van der Waals surface area contributed by atoms with Gasteiger partial charge in [-0.1, -0.05) is 12.1 Å². The number of halogens is 1. The zero-order valence-electron chi connectivity index (χ0n) is 16.9. The topological polar surface area (TPSA) is 87.5 Å². The number of rotatable bonds is 8. The zero-order chi connectivity index (χ0) is 21.7. The van der Waals surface area contributed by atoms with Crippen molar-refractivity contribution in [2.24, 2.45) is 0 Å². The molecule has 30 heavy (non-hydrogen) atoms. The van der Waals surface area contributed by atoms with Crippen molar-refractivity contribution in [1.29, 1.82) is 0 Å². The van der Waals surface area contributed by atoms with Crippen molar-refractivity contribution in [3.05, 3.63) is 70.4 Å². The molecule has 0 saturated carbocycles. The van der Waals surface area contributed by atoms with E-state index in [1.807, 2.05) is 25.1 Å². The summed E-state index contributed by atoms with van der Waals surface area (Å²) in [5.74, 6) is -0.298. The van der Waals surface area contributed by atoms with Crippen LogP contribution in [0.1, 0.15) is 33.4 Å². The van der Waals surface area contributed by atoms with Gasteiger partial charge in [-0.15, -0.1) is 11.3 Å². The van der Waals surface area contributed by atoms with Gasteiger partial charge in [0.15, 0.2) is 5.13 Å². The molecule has 7 nitrogen and oxygen atoms in total. The number of aryl methyl sites for hydroxylation is 1. The Balaban J connectivity index is 1.55. The highest BCUT2D eigenvalue weighted by atomic mass is 32.1. The van der Waals surface area contributed by atoms with Gasteiger partial charge in [-0.2, -0.15) is 0 Å². The predicted octanol–water partition coefficient (Wildman–Crippen LogP) is 3.40. The molecular weight excluding hydrogens is 407 g/mol. The Labute approximate surface area is 177 Å². The summed E-state index contributed by atoms with van der Waals surface area (Å²) in [6.45, 7) is 2.04. The Morgan fingerprint density at radius 1 is 1.30 bits per heavy atom. The minimum absolute atomic E-state index is 0.0837. The van der Waals surface area contributed by atoms with E-state index in [-0.39, 0.29) is 30.1 Å². The molecule has 2 heterocycles. The highest BCUT2D eigenvalue weighted by molar-refractivity contribution is 7.14. The van der Waals surface area contributed by atoms with Crippen molar-refractivity contribution in [3.8, 4) is 0 Å². The van der Waals surface area contributed by atoms with E-state index in [1.165, 1.54) is 29.7 Å². The summed E-state index contributed by atoms with van der Waals surface area (Å²) in [5.41, 5.74) is 1.79. The van der Waals surface area contributed by atoms with Gasteiger partial charge in [-0.3, -0.25) is 14.9 Å². The molecule has 0 aliphatic carbocycles. The normalized spacial score (nSPS) is 12.0. The highest BCUT2D eigenvalue weighted by Gasteiger charge is 2.17. The second-order valence-electron chi connectivity index (χ2n) is 7.00. The molecule has 2 aromatic heterocycles. The number of hydrogen-bond acceptors (Lipinski definition) is 6. The SMILES string of the molecule is Cc1occc1C(=O)Nc1nc(CC(=O)NC[C@@H](c2cccc(F)c2)N(C)C)cs1. The first-order chi connectivity index (χ1) is 14.3. The van der Waals surface area contributed by atoms with Crippen LogP contribution in [0.2, 0.25) is 0 Å². The van der Waals surface area contributed by atoms with Crippen molar-refractivity contribution in [1.82, 2.24) is 15.2 Å². The molecule has 0 radical (unpaired) electrons. The van der Waals surface area contributed by atoms with Crippen LogP contribution in [0.25, 0.3) is 0 Å². The first kappa shape index (κ1) is 21.7. The fourth-order valence-corrected chi connectivity index (χ4v) is 3.69. The van der Waals surface area contributed by atoms with Gasteiger partial charge in [0.25, 0.3) is 5.91 Å². The largest absolute Gasteiger partial charge is 0.469 e. The van der Waals surface area contributed by atoms with Crippen LogP contribution in [0, 0.1) is 12.7 Å². The molecule has 0 fully saturated rings. The third-order valence-corrected chi connectivity index (χ3v) is 5.37. The van der Waals surface area contributed by atoms with E-state index in [2.05, 4.69) is 15.6 Å². The molecule has 9 heteroatoms. The van der Waals surface area contributed by atoms with Gasteiger partial charge in [0.2, 0.25) is 5.91 Å². The maximum absolute atomic E-state index is 13.5. The summed E-state index contributed by atoms with van der Waals surface area (Å²) in [6.07, 6.45) is 1.53. The Kier molecular flexibility index (Phi) is 6.96. The molecule has 3 aromatic rings. The van der Waals surface area contributed by atoms with Crippen LogP contribution in [-0.4, -0.2) is 42.3 Å². The molecule has 2 amide bonds. The van der Waals surface area contributed by atoms with E-state index >= 15 is 0 Å². The lowest BCUT2D eigenvalue weighted by Gasteiger charge is -2.25. The standard InChI is InChI=1S/C21H23FN4O3S/c1-13-17(7-8-29-13)20(28)25-21-24-16(12-30-21)10-19(27)23-11-18(26(2)3)14-5-4-6-15(22)9-14/h4-9,12,18H,10-11H2,1-3H3,(H,23,27)(H,24,25,28)/t18-/m0/s1. The molecule has 3 rings (SSSR count). The lowest BCUT2D eigenvalue weighted by atomic mass is 10.1. The van der Waals surface area contributed by atoms with Crippen LogP contribution < -0.4 is 10.6 Å². The summed E-state index contributed by atoms with van der Waals surface area (Å²) < 4.78 is 18.7. The number of aromatic nitrogens is 1. The van der Waals surface area contributed by atoms with Crippen molar-refractivity contribution in [3.63, 3.8) is 0 Å². The second kappa shape index (κ2) is 9.64. The van der Waals surface area contributed by atoms with Crippen molar-refractivity contribution in [2.75, 3.05) is 26.0 Å². The van der Waals surface area contributed by atoms with E-state index in [9.17, 15) is 14.0 Å². The maximum atomic E-state index is 13.5. The molecule has 0 bridgehead atoms. The maximum Gasteiger partial charge on any atom is 0.260 e. The van der Waals surface area contributed by atoms with Crippen molar-refractivity contribution < 1.29 is 18.4 Å². The molecule has 1 aromatic carbocycles. The number of amides is 2. The summed E-state index contributed by atoms with van der Waals surface area (Å²) in [7, 11) is 3.75. The molecule has 1 atom stereocenters. The van der Waals surface area contributed by atoms with E-state index in [0.717, 1.165) is 5.56 Å². The lowest BCUT2D eigenvalue weighted by Crippen LogP contribution is -2.35. The van der Waals surface area contributed by atoms with Gasteiger partial charge in [0.1, 0.15) is 11.6 Å². The third-order valence-electron chi connectivity index (χ3n) is 4.57. The van der Waals surface area contributed by atoms with Crippen molar-refractivity contribution >= 4 is 28.3 Å². The molecule has 2 N–H and O–H groups in total. The fraction of sp³-hybridized carbons (Fsp3) is 0.286. The number of likely N-dealkylation sites (N-methyl/N-ethyl adjacent to an activating group) is 1. The predicted molar refractivity (Wildman–Crippen MR) is 113 cm³/mol. The Morgan fingerprint density at radius 3 is 2.77 bits per heavy atom. The molecule has 0 unspecified atom stereocenters. The Morgan fingerprint density at radius 2 is 2.10 bits per heavy atom. The van der Waals surface area contributed by atoms with E-state index in [1.54, 1.807) is 24.4 Å². The van der Waals surface area contributed by atoms with Gasteiger partial charge in [-0.05, 0) is 44.8 Å². The monoisotopic (exact) mass is 430 g/mol. The number of thiazole rings is 1. The zero-order valence-corrected chi connectivity index (χ0v) is 17.8. The van der Waals surface area contributed by atoms with E-state index in [4.69, 9.17) is 4.42 Å². The van der Waals surface area contributed by atoms with Gasteiger partial charge in [0, 0.05) is 11.9 Å². The number of furan rings is 1. The molecule has 0 aliphatic rings. The Hall–Kier alpha value is -3.04. The third kappa shape index (κ3) is 5.52. The van der Waals surface area contributed by atoms with Crippen LogP contribution in [0.3, 0.4) is 0 Å². The molecular formula is C21H23FN4O3S. The number of benzene rings is 1. The van der Waals surface area contributed by atoms with Crippen LogP contribution in [0.15, 0.2) is 46.4 Å². The quantitative estimate of drug-likeness (QED) is 0.572.